The van der Waals surface area contributed by atoms with Gasteiger partial charge in [0.1, 0.15) is 0 Å². The molecular formula is C7H14NO7P. The molecule has 1 atom stereocenters. The molecule has 8 nitrogen and oxygen atoms in total. The third kappa shape index (κ3) is 3.48. The minimum absolute atomic E-state index is 0.954. The Bertz CT molecular complexity index is 297. The van der Waals surface area contributed by atoms with Gasteiger partial charge in [0.2, 0.25) is 5.78 Å². The molecule has 1 N–H and O–H groups in total. The summed E-state index contributed by atoms with van der Waals surface area (Å²) in [6, 6.07) is 0. The molecule has 0 aromatic heterocycles. The van der Waals surface area contributed by atoms with Gasteiger partial charge >= 0.3 is 19.7 Å². The molecule has 0 bridgehead atoms. The maximum atomic E-state index is 11.9. The second kappa shape index (κ2) is 6.47. The van der Waals surface area contributed by atoms with Crippen molar-refractivity contribution in [2.45, 2.75) is 5.78 Å². The number of esters is 1. The van der Waals surface area contributed by atoms with Crippen molar-refractivity contribution in [1.82, 2.24) is 5.32 Å². The first-order chi connectivity index (χ1) is 7.45. The molecule has 1 amide bonds. The SMILES string of the molecule is COC(=O)NC(C(=O)OC)P(=O)(OC)OC. The summed E-state index contributed by atoms with van der Waals surface area (Å²) in [4.78, 5) is 22.3. The monoisotopic (exact) mass is 255 g/mol. The second-order valence-electron chi connectivity index (χ2n) is 2.47. The van der Waals surface area contributed by atoms with E-state index in [0.717, 1.165) is 28.4 Å². The number of carbonyl (C=O) groups is 2. The first-order valence-electron chi connectivity index (χ1n) is 4.08. The highest BCUT2D eigenvalue weighted by molar-refractivity contribution is 7.55. The average Bonchev–Trinajstić information content (AvgIpc) is 2.33. The van der Waals surface area contributed by atoms with Crippen LogP contribution < -0.4 is 5.32 Å². The van der Waals surface area contributed by atoms with E-state index in [0.29, 0.717) is 0 Å². The molecule has 0 aliphatic carbocycles. The second-order valence-corrected chi connectivity index (χ2v) is 4.79. The van der Waals surface area contributed by atoms with Crippen LogP contribution in [0, 0.1) is 0 Å². The van der Waals surface area contributed by atoms with Crippen molar-refractivity contribution in [2.75, 3.05) is 28.4 Å². The van der Waals surface area contributed by atoms with E-state index in [1.807, 2.05) is 5.32 Å². The minimum atomic E-state index is -3.82. The van der Waals surface area contributed by atoms with Crippen LogP contribution in [0.15, 0.2) is 0 Å². The van der Waals surface area contributed by atoms with Crippen molar-refractivity contribution >= 4 is 19.7 Å². The highest BCUT2D eigenvalue weighted by Gasteiger charge is 2.42. The van der Waals surface area contributed by atoms with E-state index < -0.39 is 25.4 Å². The summed E-state index contributed by atoms with van der Waals surface area (Å²) in [7, 11) is 0.512. The molecule has 94 valence electrons. The number of methoxy groups -OCH3 is 2. The van der Waals surface area contributed by atoms with Gasteiger partial charge in [-0.1, -0.05) is 0 Å². The minimum Gasteiger partial charge on any atom is -0.467 e. The quantitative estimate of drug-likeness (QED) is 0.558. The van der Waals surface area contributed by atoms with Crippen LogP contribution in [0.25, 0.3) is 0 Å². The number of ether oxygens (including phenoxy) is 2. The van der Waals surface area contributed by atoms with Crippen LogP contribution in [0.1, 0.15) is 0 Å². The zero-order valence-electron chi connectivity index (χ0n) is 9.38. The molecule has 16 heavy (non-hydrogen) atoms. The first-order valence-corrected chi connectivity index (χ1v) is 5.69. The van der Waals surface area contributed by atoms with E-state index in [2.05, 4.69) is 18.5 Å². The number of hydrogen-bond acceptors (Lipinski definition) is 7. The van der Waals surface area contributed by atoms with Crippen molar-refractivity contribution in [3.05, 3.63) is 0 Å². The van der Waals surface area contributed by atoms with Gasteiger partial charge in [-0.05, 0) is 0 Å². The molecule has 0 aromatic carbocycles. The molecule has 0 spiro atoms. The van der Waals surface area contributed by atoms with Gasteiger partial charge < -0.3 is 18.5 Å². The summed E-state index contributed by atoms with van der Waals surface area (Å²) in [6.07, 6.45) is -0.954. The van der Waals surface area contributed by atoms with Gasteiger partial charge in [0, 0.05) is 14.2 Å². The van der Waals surface area contributed by atoms with Crippen molar-refractivity contribution in [2.24, 2.45) is 0 Å². The molecule has 0 rings (SSSR count). The summed E-state index contributed by atoms with van der Waals surface area (Å²) in [5.41, 5.74) is 0. The van der Waals surface area contributed by atoms with Crippen LogP contribution >= 0.6 is 7.60 Å². The molecule has 0 aliphatic rings. The molecule has 0 saturated heterocycles. The van der Waals surface area contributed by atoms with E-state index in [-0.39, 0.29) is 0 Å². The van der Waals surface area contributed by atoms with Crippen molar-refractivity contribution < 1.29 is 32.7 Å². The molecule has 0 saturated carbocycles. The third-order valence-corrected chi connectivity index (χ3v) is 3.68. The van der Waals surface area contributed by atoms with E-state index >= 15 is 0 Å². The largest absolute Gasteiger partial charge is 0.467 e. The zero-order chi connectivity index (χ0) is 12.8. The van der Waals surface area contributed by atoms with Crippen molar-refractivity contribution in [3.8, 4) is 0 Å². The smallest absolute Gasteiger partial charge is 0.408 e. The summed E-state index contributed by atoms with van der Waals surface area (Å²) < 4.78 is 29.7. The molecular weight excluding hydrogens is 241 g/mol. The van der Waals surface area contributed by atoms with Crippen molar-refractivity contribution in [3.63, 3.8) is 0 Å². The third-order valence-electron chi connectivity index (χ3n) is 1.69. The van der Waals surface area contributed by atoms with Crippen LogP contribution in [0.3, 0.4) is 0 Å². The lowest BCUT2D eigenvalue weighted by atomic mass is 10.6. The normalized spacial score (nSPS) is 12.8. The molecule has 9 heteroatoms. The maximum Gasteiger partial charge on any atom is 0.408 e. The van der Waals surface area contributed by atoms with Gasteiger partial charge in [0.05, 0.1) is 14.2 Å². The predicted molar refractivity (Wildman–Crippen MR) is 53.0 cm³/mol. The Labute approximate surface area is 92.7 Å². The van der Waals surface area contributed by atoms with Gasteiger partial charge in [0.15, 0.2) is 0 Å². The average molecular weight is 255 g/mol. The predicted octanol–water partition coefficient (Wildman–Crippen LogP) is 0.327. The number of hydrogen-bond donors (Lipinski definition) is 1. The summed E-state index contributed by atoms with van der Waals surface area (Å²) >= 11 is 0. The fraction of sp³-hybridized carbons (Fsp3) is 0.714. The fourth-order valence-corrected chi connectivity index (χ4v) is 2.03. The van der Waals surface area contributed by atoms with Gasteiger partial charge in [-0.15, -0.1) is 0 Å². The standard InChI is InChI=1S/C7H14NO7P/c1-12-6(9)5(8-7(10)13-2)16(11,14-3)15-4/h5H,1-4H3,(H,8,10). The molecule has 0 aliphatic heterocycles. The summed E-state index contributed by atoms with van der Waals surface area (Å²) in [5.74, 6) is -2.53. The highest BCUT2D eigenvalue weighted by Crippen LogP contribution is 2.50. The first kappa shape index (κ1) is 14.9. The van der Waals surface area contributed by atoms with Crippen LogP contribution in [0.2, 0.25) is 0 Å². The lowest BCUT2D eigenvalue weighted by Crippen LogP contribution is -2.41. The summed E-state index contributed by atoms with van der Waals surface area (Å²) in [5, 5.41) is 2.01. The summed E-state index contributed by atoms with van der Waals surface area (Å²) in [6.45, 7) is 0. The van der Waals surface area contributed by atoms with Gasteiger partial charge in [0.25, 0.3) is 0 Å². The topological polar surface area (TPSA) is 100 Å². The molecule has 0 radical (unpaired) electrons. The lowest BCUT2D eigenvalue weighted by Gasteiger charge is -2.22. The maximum absolute atomic E-state index is 11.9. The Kier molecular flexibility index (Phi) is 6.02. The van der Waals surface area contributed by atoms with E-state index in [1.54, 1.807) is 0 Å². The number of carbonyl (C=O) groups excluding carboxylic acids is 2. The van der Waals surface area contributed by atoms with Crippen LogP contribution in [-0.2, 0) is 27.9 Å². The molecule has 1 unspecified atom stereocenters. The van der Waals surface area contributed by atoms with E-state index in [4.69, 9.17) is 0 Å². The van der Waals surface area contributed by atoms with Gasteiger partial charge in [-0.2, -0.15) is 0 Å². The Morgan fingerprint density at radius 3 is 1.88 bits per heavy atom. The Morgan fingerprint density at radius 1 is 1.06 bits per heavy atom. The van der Waals surface area contributed by atoms with Crippen LogP contribution in [0.4, 0.5) is 4.79 Å². The number of rotatable bonds is 5. The highest BCUT2D eigenvalue weighted by atomic mass is 31.2. The molecule has 0 aromatic rings. The number of amides is 1. The van der Waals surface area contributed by atoms with Crippen LogP contribution in [0.5, 0.6) is 0 Å². The van der Waals surface area contributed by atoms with Gasteiger partial charge in [-0.25, -0.2) is 9.59 Å². The van der Waals surface area contributed by atoms with E-state index in [1.165, 1.54) is 0 Å². The fourth-order valence-electron chi connectivity index (χ4n) is 0.835. The van der Waals surface area contributed by atoms with Gasteiger partial charge in [-0.3, -0.25) is 9.88 Å². The van der Waals surface area contributed by atoms with E-state index in [9.17, 15) is 14.2 Å². The van der Waals surface area contributed by atoms with Crippen LogP contribution in [-0.4, -0.2) is 46.3 Å². The molecule has 0 fully saturated rings. The number of alkyl carbamates (subject to hydrolysis) is 1. The number of nitrogens with one attached hydrogen (secondary N) is 1. The molecule has 0 heterocycles. The zero-order valence-corrected chi connectivity index (χ0v) is 10.3. The Hall–Kier alpha value is -1.11. The Morgan fingerprint density at radius 2 is 1.56 bits per heavy atom. The lowest BCUT2D eigenvalue weighted by molar-refractivity contribution is -0.141. The van der Waals surface area contributed by atoms with Crippen molar-refractivity contribution in [1.29, 1.82) is 0 Å². The Balaban J connectivity index is 5.00.